The molecule has 33 heavy (non-hydrogen) atoms. The van der Waals surface area contributed by atoms with Gasteiger partial charge in [-0.2, -0.15) is 4.31 Å². The van der Waals surface area contributed by atoms with Crippen molar-refractivity contribution in [2.24, 2.45) is 0 Å². The molecule has 0 unspecified atom stereocenters. The molecule has 2 aromatic carbocycles. The van der Waals surface area contributed by atoms with Crippen molar-refractivity contribution in [1.29, 1.82) is 0 Å². The molecular weight excluding hydrogens is 473 g/mol. The Hall–Kier alpha value is -2.40. The molecule has 1 saturated heterocycles. The Kier molecular flexibility index (Phi) is 8.52. The van der Waals surface area contributed by atoms with E-state index in [2.05, 4.69) is 5.32 Å². The predicted molar refractivity (Wildman–Crippen MR) is 125 cm³/mol. The molecule has 2 aromatic rings. The van der Waals surface area contributed by atoms with Crippen molar-refractivity contribution < 1.29 is 27.1 Å². The predicted octanol–water partition coefficient (Wildman–Crippen LogP) is 3.36. The van der Waals surface area contributed by atoms with Crippen molar-refractivity contribution >= 4 is 38.9 Å². The van der Waals surface area contributed by atoms with Gasteiger partial charge in [-0.15, -0.1) is 0 Å². The quantitative estimate of drug-likeness (QED) is 0.569. The number of ether oxygens (including phenoxy) is 2. The number of amides is 1. The number of nitrogens with one attached hydrogen (secondary N) is 1. The summed E-state index contributed by atoms with van der Waals surface area (Å²) in [5.41, 5.74) is 1.05. The number of benzene rings is 2. The van der Waals surface area contributed by atoms with Crippen LogP contribution >= 0.6 is 11.6 Å². The SMILES string of the molecule is CCN(CC)c1ccc(S(=O)(=O)N2CCOCC2)cc1NC(=O)COc1ccc(F)c(Cl)c1. The van der Waals surface area contributed by atoms with E-state index in [-0.39, 0.29) is 35.4 Å². The first-order valence-corrected chi connectivity index (χ1v) is 12.4. The first-order chi connectivity index (χ1) is 15.8. The van der Waals surface area contributed by atoms with Gasteiger partial charge in [-0.3, -0.25) is 4.79 Å². The molecule has 0 radical (unpaired) electrons. The van der Waals surface area contributed by atoms with Gasteiger partial charge in [0.1, 0.15) is 11.6 Å². The third-order valence-electron chi connectivity index (χ3n) is 5.22. The van der Waals surface area contributed by atoms with Crippen LogP contribution in [0.2, 0.25) is 5.02 Å². The molecule has 8 nitrogen and oxygen atoms in total. The van der Waals surface area contributed by atoms with E-state index in [1.165, 1.54) is 22.5 Å². The third kappa shape index (κ3) is 6.14. The molecule has 1 heterocycles. The zero-order valence-electron chi connectivity index (χ0n) is 18.5. The number of anilines is 2. The molecule has 0 saturated carbocycles. The van der Waals surface area contributed by atoms with Gasteiger partial charge in [-0.05, 0) is 44.2 Å². The van der Waals surface area contributed by atoms with Crippen molar-refractivity contribution in [3.63, 3.8) is 0 Å². The summed E-state index contributed by atoms with van der Waals surface area (Å²) in [7, 11) is -3.74. The number of carbonyl (C=O) groups is 1. The Morgan fingerprint density at radius 2 is 1.88 bits per heavy atom. The van der Waals surface area contributed by atoms with Gasteiger partial charge in [0.25, 0.3) is 5.91 Å². The lowest BCUT2D eigenvalue weighted by molar-refractivity contribution is -0.118. The lowest BCUT2D eigenvalue weighted by Gasteiger charge is -2.28. The third-order valence-corrected chi connectivity index (χ3v) is 7.40. The van der Waals surface area contributed by atoms with Crippen molar-refractivity contribution in [3.8, 4) is 5.75 Å². The van der Waals surface area contributed by atoms with Crippen molar-refractivity contribution in [2.45, 2.75) is 18.7 Å². The van der Waals surface area contributed by atoms with Crippen LogP contribution in [0.15, 0.2) is 41.3 Å². The van der Waals surface area contributed by atoms with Crippen LogP contribution in [0.25, 0.3) is 0 Å². The van der Waals surface area contributed by atoms with E-state index >= 15 is 0 Å². The van der Waals surface area contributed by atoms with Crippen LogP contribution in [0.4, 0.5) is 15.8 Å². The molecule has 0 bridgehead atoms. The molecule has 1 N–H and O–H groups in total. The Labute approximate surface area is 198 Å². The van der Waals surface area contributed by atoms with Crippen LogP contribution in [0.5, 0.6) is 5.75 Å². The normalized spacial score (nSPS) is 14.7. The van der Waals surface area contributed by atoms with E-state index in [1.807, 2.05) is 18.7 Å². The van der Waals surface area contributed by atoms with Gasteiger partial charge in [-0.1, -0.05) is 11.6 Å². The first kappa shape index (κ1) is 25.2. The second-order valence-electron chi connectivity index (χ2n) is 7.28. The van der Waals surface area contributed by atoms with Gasteiger partial charge in [0.2, 0.25) is 10.0 Å². The highest BCUT2D eigenvalue weighted by atomic mass is 35.5. The van der Waals surface area contributed by atoms with Crippen LogP contribution in [-0.2, 0) is 19.6 Å². The second kappa shape index (κ2) is 11.1. The maximum Gasteiger partial charge on any atom is 0.262 e. The van der Waals surface area contributed by atoms with E-state index < -0.39 is 21.7 Å². The smallest absolute Gasteiger partial charge is 0.262 e. The number of hydrogen-bond donors (Lipinski definition) is 1. The highest BCUT2D eigenvalue weighted by Gasteiger charge is 2.27. The summed E-state index contributed by atoms with van der Waals surface area (Å²) in [6.45, 7) is 6.13. The van der Waals surface area contributed by atoms with Gasteiger partial charge in [-0.25, -0.2) is 12.8 Å². The summed E-state index contributed by atoms with van der Waals surface area (Å²) in [6, 6.07) is 8.49. The Morgan fingerprint density at radius 1 is 1.18 bits per heavy atom. The summed E-state index contributed by atoms with van der Waals surface area (Å²) in [6.07, 6.45) is 0. The fourth-order valence-corrected chi connectivity index (χ4v) is 5.06. The van der Waals surface area contributed by atoms with E-state index in [9.17, 15) is 17.6 Å². The van der Waals surface area contributed by atoms with Crippen LogP contribution < -0.4 is 15.0 Å². The van der Waals surface area contributed by atoms with E-state index in [4.69, 9.17) is 21.1 Å². The topological polar surface area (TPSA) is 88.2 Å². The molecule has 0 aromatic heterocycles. The number of rotatable bonds is 9. The van der Waals surface area contributed by atoms with Gasteiger partial charge in [0, 0.05) is 32.2 Å². The highest BCUT2D eigenvalue weighted by molar-refractivity contribution is 7.89. The van der Waals surface area contributed by atoms with Crippen LogP contribution in [0.3, 0.4) is 0 Å². The Bertz CT molecular complexity index is 1090. The first-order valence-electron chi connectivity index (χ1n) is 10.6. The highest BCUT2D eigenvalue weighted by Crippen LogP contribution is 2.30. The molecule has 180 valence electrons. The number of hydrogen-bond acceptors (Lipinski definition) is 6. The van der Waals surface area contributed by atoms with Crippen LogP contribution in [-0.4, -0.2) is 64.6 Å². The zero-order chi connectivity index (χ0) is 24.0. The average Bonchev–Trinajstić information content (AvgIpc) is 2.82. The molecule has 11 heteroatoms. The average molecular weight is 500 g/mol. The molecule has 0 spiro atoms. The largest absolute Gasteiger partial charge is 0.484 e. The lowest BCUT2D eigenvalue weighted by Crippen LogP contribution is -2.40. The molecule has 0 atom stereocenters. The van der Waals surface area contributed by atoms with Crippen molar-refractivity contribution in [1.82, 2.24) is 4.31 Å². The van der Waals surface area contributed by atoms with E-state index in [0.717, 1.165) is 6.07 Å². The summed E-state index contributed by atoms with van der Waals surface area (Å²) in [5, 5.41) is 2.64. The van der Waals surface area contributed by atoms with Crippen LogP contribution in [0.1, 0.15) is 13.8 Å². The zero-order valence-corrected chi connectivity index (χ0v) is 20.1. The van der Waals surface area contributed by atoms with Gasteiger partial charge in [0.05, 0.1) is 34.5 Å². The molecule has 1 aliphatic heterocycles. The minimum atomic E-state index is -3.74. The number of nitrogens with zero attached hydrogens (tertiary/aromatic N) is 2. The minimum Gasteiger partial charge on any atom is -0.484 e. The number of carbonyl (C=O) groups excluding carboxylic acids is 1. The molecule has 1 fully saturated rings. The number of sulfonamides is 1. The lowest BCUT2D eigenvalue weighted by atomic mass is 10.2. The number of morpholine rings is 1. The van der Waals surface area contributed by atoms with E-state index in [1.54, 1.807) is 12.1 Å². The summed E-state index contributed by atoms with van der Waals surface area (Å²) < 4.78 is 51.5. The van der Waals surface area contributed by atoms with Gasteiger partial charge >= 0.3 is 0 Å². The summed E-state index contributed by atoms with van der Waals surface area (Å²) >= 11 is 5.74. The van der Waals surface area contributed by atoms with Gasteiger partial charge < -0.3 is 19.7 Å². The summed E-state index contributed by atoms with van der Waals surface area (Å²) in [4.78, 5) is 14.7. The standard InChI is InChI=1S/C22H27ClFN3O5S/c1-3-26(4-2)21-8-6-17(33(29,30)27-9-11-31-12-10-27)14-20(21)25-22(28)15-32-16-5-7-19(24)18(23)13-16/h5-8,13-14H,3-4,9-12,15H2,1-2H3,(H,25,28). The summed E-state index contributed by atoms with van der Waals surface area (Å²) in [5.74, 6) is -0.843. The fraction of sp³-hybridized carbons (Fsp3) is 0.409. The maximum absolute atomic E-state index is 13.3. The van der Waals surface area contributed by atoms with Crippen molar-refractivity contribution in [3.05, 3.63) is 47.2 Å². The minimum absolute atomic E-state index is 0.0850. The molecular formula is C22H27ClFN3O5S. The molecule has 3 rings (SSSR count). The Balaban J connectivity index is 1.83. The maximum atomic E-state index is 13.3. The van der Waals surface area contributed by atoms with E-state index in [0.29, 0.717) is 37.7 Å². The Morgan fingerprint density at radius 3 is 2.52 bits per heavy atom. The second-order valence-corrected chi connectivity index (χ2v) is 9.63. The van der Waals surface area contributed by atoms with Gasteiger partial charge in [0.15, 0.2) is 6.61 Å². The van der Waals surface area contributed by atoms with Crippen LogP contribution in [0, 0.1) is 5.82 Å². The van der Waals surface area contributed by atoms with Crippen molar-refractivity contribution in [2.75, 3.05) is 56.2 Å². The molecule has 0 aliphatic carbocycles. The molecule has 1 amide bonds. The fourth-order valence-electron chi connectivity index (χ4n) is 3.45. The monoisotopic (exact) mass is 499 g/mol. The molecule has 1 aliphatic rings. The number of halogens is 2.